The number of halogens is 2. The zero-order chi connectivity index (χ0) is 14.8. The highest BCUT2D eigenvalue weighted by Gasteiger charge is 2.26. The molecule has 21 heavy (non-hydrogen) atoms. The molecule has 1 aliphatic carbocycles. The second-order valence-corrected chi connectivity index (χ2v) is 5.69. The Kier molecular flexibility index (Phi) is 3.87. The molecule has 0 aliphatic heterocycles. The normalized spacial score (nSPS) is 14.2. The molecule has 0 atom stereocenters. The molecule has 0 radical (unpaired) electrons. The molecule has 8 heteroatoms. The number of hydrogen-bond donors (Lipinski definition) is 1. The number of carbonyl (C=O) groups excluding carboxylic acids is 1. The molecule has 1 aliphatic rings. The lowest BCUT2D eigenvalue weighted by Gasteiger charge is -2.06. The summed E-state index contributed by atoms with van der Waals surface area (Å²) in [7, 11) is 0. The highest BCUT2D eigenvalue weighted by Crippen LogP contribution is 2.37. The lowest BCUT2D eigenvalue weighted by Crippen LogP contribution is -2.14. The highest BCUT2D eigenvalue weighted by molar-refractivity contribution is 7.99. The molecule has 2 aromatic rings. The summed E-state index contributed by atoms with van der Waals surface area (Å²) < 4.78 is 28.0. The van der Waals surface area contributed by atoms with Crippen LogP contribution < -0.4 is 5.32 Å². The molecule has 5 nitrogen and oxygen atoms in total. The van der Waals surface area contributed by atoms with Crippen molar-refractivity contribution in [3.63, 3.8) is 0 Å². The monoisotopic (exact) mass is 310 g/mol. The van der Waals surface area contributed by atoms with Gasteiger partial charge in [-0.25, -0.2) is 8.78 Å². The summed E-state index contributed by atoms with van der Waals surface area (Å²) in [5.74, 6) is -1.71. The number of hydrogen-bond acceptors (Lipinski definition) is 4. The van der Waals surface area contributed by atoms with Gasteiger partial charge in [0.05, 0.1) is 5.75 Å². The van der Waals surface area contributed by atoms with E-state index in [1.165, 1.54) is 11.8 Å². The molecule has 0 unspecified atom stereocenters. The summed E-state index contributed by atoms with van der Waals surface area (Å²) in [4.78, 5) is 11.8. The molecule has 1 fully saturated rings. The number of nitrogens with zero attached hydrogens (tertiary/aromatic N) is 3. The summed E-state index contributed by atoms with van der Waals surface area (Å²) in [5, 5.41) is 10.9. The second kappa shape index (κ2) is 5.80. The minimum Gasteiger partial charge on any atom is -0.325 e. The Bertz CT molecular complexity index is 652. The molecule has 1 N–H and O–H groups in total. The molecule has 0 spiro atoms. The average molecular weight is 310 g/mol. The van der Waals surface area contributed by atoms with Gasteiger partial charge < -0.3 is 9.88 Å². The van der Waals surface area contributed by atoms with Gasteiger partial charge in [0, 0.05) is 17.8 Å². The first-order valence-electron chi connectivity index (χ1n) is 6.40. The van der Waals surface area contributed by atoms with Crippen LogP contribution in [0.5, 0.6) is 0 Å². The lowest BCUT2D eigenvalue weighted by atomic mass is 10.3. The Morgan fingerprint density at radius 3 is 2.71 bits per heavy atom. The van der Waals surface area contributed by atoms with Crippen molar-refractivity contribution < 1.29 is 13.6 Å². The van der Waals surface area contributed by atoms with E-state index in [2.05, 4.69) is 15.5 Å². The third kappa shape index (κ3) is 3.57. The van der Waals surface area contributed by atoms with E-state index in [9.17, 15) is 13.6 Å². The van der Waals surface area contributed by atoms with E-state index < -0.39 is 11.6 Å². The van der Waals surface area contributed by atoms with E-state index in [-0.39, 0.29) is 17.3 Å². The summed E-state index contributed by atoms with van der Waals surface area (Å²) in [6, 6.07) is 3.32. The fraction of sp³-hybridized carbons (Fsp3) is 0.308. The van der Waals surface area contributed by atoms with Crippen molar-refractivity contribution in [1.29, 1.82) is 0 Å². The van der Waals surface area contributed by atoms with Gasteiger partial charge in [-0.1, -0.05) is 11.8 Å². The van der Waals surface area contributed by atoms with Crippen LogP contribution in [0.15, 0.2) is 29.7 Å². The number of amides is 1. The van der Waals surface area contributed by atoms with Gasteiger partial charge in [-0.2, -0.15) is 0 Å². The molecule has 1 aromatic carbocycles. The Balaban J connectivity index is 1.57. The van der Waals surface area contributed by atoms with Crippen molar-refractivity contribution in [2.24, 2.45) is 0 Å². The largest absolute Gasteiger partial charge is 0.325 e. The number of benzene rings is 1. The summed E-state index contributed by atoms with van der Waals surface area (Å²) >= 11 is 1.25. The van der Waals surface area contributed by atoms with Crippen LogP contribution >= 0.6 is 11.8 Å². The summed E-state index contributed by atoms with van der Waals surface area (Å²) in [6.45, 7) is 0. The predicted molar refractivity (Wildman–Crippen MR) is 74.0 cm³/mol. The maximum absolute atomic E-state index is 13.0. The molecule has 0 bridgehead atoms. The minimum absolute atomic E-state index is 0.0989. The van der Waals surface area contributed by atoms with Gasteiger partial charge in [0.25, 0.3) is 0 Å². The number of aromatic nitrogens is 3. The molecule has 0 saturated heterocycles. The van der Waals surface area contributed by atoms with Crippen LogP contribution in [0.4, 0.5) is 14.5 Å². The predicted octanol–water partition coefficient (Wildman–Crippen LogP) is 2.62. The van der Waals surface area contributed by atoms with Gasteiger partial charge in [-0.3, -0.25) is 4.79 Å². The molecular weight excluding hydrogens is 298 g/mol. The lowest BCUT2D eigenvalue weighted by molar-refractivity contribution is -0.113. The van der Waals surface area contributed by atoms with Crippen molar-refractivity contribution in [2.45, 2.75) is 24.0 Å². The standard InChI is InChI=1S/C13H12F2N4OS/c14-8-3-9(15)5-10(4-8)17-12(20)6-21-13-18-16-7-19(13)11-1-2-11/h3-5,7,11H,1-2,6H2,(H,17,20). The SMILES string of the molecule is O=C(CSc1nncn1C1CC1)Nc1cc(F)cc(F)c1. The number of carbonyl (C=O) groups is 1. The van der Waals surface area contributed by atoms with Gasteiger partial charge in [0.15, 0.2) is 5.16 Å². The van der Waals surface area contributed by atoms with Gasteiger partial charge >= 0.3 is 0 Å². The van der Waals surface area contributed by atoms with Gasteiger partial charge in [0.1, 0.15) is 18.0 Å². The zero-order valence-corrected chi connectivity index (χ0v) is 11.7. The van der Waals surface area contributed by atoms with Crippen molar-refractivity contribution >= 4 is 23.4 Å². The Labute approximate surface area is 123 Å². The maximum Gasteiger partial charge on any atom is 0.234 e. The molecule has 1 saturated carbocycles. The third-order valence-corrected chi connectivity index (χ3v) is 3.92. The fourth-order valence-electron chi connectivity index (χ4n) is 1.89. The van der Waals surface area contributed by atoms with Gasteiger partial charge in [-0.05, 0) is 25.0 Å². The summed E-state index contributed by atoms with van der Waals surface area (Å²) in [5.41, 5.74) is 0.0989. The van der Waals surface area contributed by atoms with E-state index in [4.69, 9.17) is 0 Å². The van der Waals surface area contributed by atoms with Crippen LogP contribution in [0.3, 0.4) is 0 Å². The fourth-order valence-corrected chi connectivity index (χ4v) is 2.67. The smallest absolute Gasteiger partial charge is 0.234 e. The van der Waals surface area contributed by atoms with Crippen LogP contribution in [-0.4, -0.2) is 26.4 Å². The third-order valence-electron chi connectivity index (χ3n) is 2.96. The first kappa shape index (κ1) is 14.0. The van der Waals surface area contributed by atoms with E-state index in [0.717, 1.165) is 31.0 Å². The van der Waals surface area contributed by atoms with Crippen LogP contribution in [0, 0.1) is 11.6 Å². The van der Waals surface area contributed by atoms with Crippen molar-refractivity contribution in [2.75, 3.05) is 11.1 Å². The van der Waals surface area contributed by atoms with Gasteiger partial charge in [0.2, 0.25) is 5.91 Å². The van der Waals surface area contributed by atoms with Crippen LogP contribution in [0.1, 0.15) is 18.9 Å². The van der Waals surface area contributed by atoms with Crippen LogP contribution in [0.2, 0.25) is 0 Å². The maximum atomic E-state index is 13.0. The number of anilines is 1. The van der Waals surface area contributed by atoms with Crippen molar-refractivity contribution in [1.82, 2.24) is 14.8 Å². The molecule has 110 valence electrons. The minimum atomic E-state index is -0.730. The van der Waals surface area contributed by atoms with Crippen LogP contribution in [-0.2, 0) is 4.79 Å². The number of thioether (sulfide) groups is 1. The van der Waals surface area contributed by atoms with E-state index in [1.54, 1.807) is 6.33 Å². The topological polar surface area (TPSA) is 59.8 Å². The Morgan fingerprint density at radius 2 is 2.05 bits per heavy atom. The Hall–Kier alpha value is -1.96. The number of rotatable bonds is 5. The molecule has 3 rings (SSSR count). The van der Waals surface area contributed by atoms with Crippen LogP contribution in [0.25, 0.3) is 0 Å². The quantitative estimate of drug-likeness (QED) is 0.863. The second-order valence-electron chi connectivity index (χ2n) is 4.75. The molecule has 1 aromatic heterocycles. The van der Waals surface area contributed by atoms with E-state index >= 15 is 0 Å². The van der Waals surface area contributed by atoms with E-state index in [1.807, 2.05) is 4.57 Å². The molecular formula is C13H12F2N4OS. The highest BCUT2D eigenvalue weighted by atomic mass is 32.2. The average Bonchev–Trinajstić information content (AvgIpc) is 3.14. The van der Waals surface area contributed by atoms with Gasteiger partial charge in [-0.15, -0.1) is 10.2 Å². The van der Waals surface area contributed by atoms with Crippen molar-refractivity contribution in [3.05, 3.63) is 36.2 Å². The molecule has 1 heterocycles. The van der Waals surface area contributed by atoms with Crippen molar-refractivity contribution in [3.8, 4) is 0 Å². The molecule has 1 amide bonds. The summed E-state index contributed by atoms with van der Waals surface area (Å²) in [6.07, 6.45) is 3.85. The van der Waals surface area contributed by atoms with E-state index in [0.29, 0.717) is 11.2 Å². The first-order valence-corrected chi connectivity index (χ1v) is 7.38. The Morgan fingerprint density at radius 1 is 1.33 bits per heavy atom. The first-order chi connectivity index (χ1) is 10.1. The zero-order valence-electron chi connectivity index (χ0n) is 10.9. The number of nitrogens with one attached hydrogen (secondary N) is 1.